The maximum atomic E-state index is 13.1. The first kappa shape index (κ1) is 38.6. The molecule has 0 saturated carbocycles. The molecule has 0 saturated heterocycles. The molecule has 48 heavy (non-hydrogen) atoms. The molecule has 0 aliphatic rings. The normalized spacial score (nSPS) is 11.5. The molecule has 0 amide bonds. The maximum Gasteiger partial charge on any atom is 0.329 e. The van der Waals surface area contributed by atoms with Crippen LogP contribution < -0.4 is 10.1 Å². The van der Waals surface area contributed by atoms with Crippen LogP contribution in [0.3, 0.4) is 0 Å². The molecule has 3 aromatic carbocycles. The topological polar surface area (TPSA) is 73.9 Å². The van der Waals surface area contributed by atoms with Crippen molar-refractivity contribution in [3.63, 3.8) is 0 Å². The molecule has 6 heteroatoms. The van der Waals surface area contributed by atoms with Crippen LogP contribution in [-0.4, -0.2) is 24.6 Å². The minimum absolute atomic E-state index is 0.124. The van der Waals surface area contributed by atoms with Crippen LogP contribution >= 0.6 is 0 Å². The Balaban J connectivity index is 1.33. The Kier molecular flexibility index (Phi) is 20.3. The first-order chi connectivity index (χ1) is 23.6. The number of hydrogen-bond acceptors (Lipinski definition) is 6. The average Bonchev–Trinajstić information content (AvgIpc) is 3.12. The Morgan fingerprint density at radius 2 is 1.08 bits per heavy atom. The quantitative estimate of drug-likeness (QED) is 0.0649. The van der Waals surface area contributed by atoms with Gasteiger partial charge in [-0.05, 0) is 29.7 Å². The third-order valence-electron chi connectivity index (χ3n) is 8.56. The van der Waals surface area contributed by atoms with Crippen molar-refractivity contribution < 1.29 is 23.8 Å². The summed E-state index contributed by atoms with van der Waals surface area (Å²) >= 11 is 0. The van der Waals surface area contributed by atoms with E-state index in [1.807, 2.05) is 84.9 Å². The van der Waals surface area contributed by atoms with Gasteiger partial charge < -0.3 is 19.5 Å². The van der Waals surface area contributed by atoms with Gasteiger partial charge in [0.05, 0.1) is 13.0 Å². The van der Waals surface area contributed by atoms with E-state index in [1.54, 1.807) is 0 Å². The van der Waals surface area contributed by atoms with E-state index in [0.717, 1.165) is 29.7 Å². The van der Waals surface area contributed by atoms with Crippen LogP contribution in [0.5, 0.6) is 5.75 Å². The summed E-state index contributed by atoms with van der Waals surface area (Å²) in [6.07, 6.45) is 21.3. The minimum Gasteiger partial charge on any atom is -0.494 e. The average molecular weight is 658 g/mol. The number of anilines is 1. The van der Waals surface area contributed by atoms with Crippen molar-refractivity contribution in [3.05, 3.63) is 96.1 Å². The van der Waals surface area contributed by atoms with Crippen molar-refractivity contribution in [1.29, 1.82) is 0 Å². The predicted molar refractivity (Wildman–Crippen MR) is 196 cm³/mol. The van der Waals surface area contributed by atoms with E-state index in [2.05, 4.69) is 12.2 Å². The van der Waals surface area contributed by atoms with Crippen molar-refractivity contribution in [3.8, 4) is 5.75 Å². The second-order valence-electron chi connectivity index (χ2n) is 12.8. The van der Waals surface area contributed by atoms with Crippen LogP contribution in [0.15, 0.2) is 84.9 Å². The maximum absolute atomic E-state index is 13.1. The Bertz CT molecular complexity index is 1250. The predicted octanol–water partition coefficient (Wildman–Crippen LogP) is 11.0. The van der Waals surface area contributed by atoms with Crippen LogP contribution in [-0.2, 0) is 32.3 Å². The Morgan fingerprint density at radius 1 is 0.583 bits per heavy atom. The first-order valence-electron chi connectivity index (χ1n) is 18.5. The molecule has 0 aliphatic heterocycles. The van der Waals surface area contributed by atoms with Gasteiger partial charge in [0, 0.05) is 11.8 Å². The molecule has 0 radical (unpaired) electrons. The van der Waals surface area contributed by atoms with Crippen LogP contribution in [0.2, 0.25) is 0 Å². The summed E-state index contributed by atoms with van der Waals surface area (Å²) in [6.45, 7) is 3.20. The monoisotopic (exact) mass is 657 g/mol. The zero-order chi connectivity index (χ0) is 33.9. The molecule has 1 atom stereocenters. The second kappa shape index (κ2) is 25.2. The summed E-state index contributed by atoms with van der Waals surface area (Å²) in [5.74, 6) is -0.275. The summed E-state index contributed by atoms with van der Waals surface area (Å²) in [5.41, 5.74) is 2.44. The number of ether oxygens (including phenoxy) is 3. The molecule has 6 nitrogen and oxygen atoms in total. The van der Waals surface area contributed by atoms with E-state index in [1.165, 1.54) is 89.9 Å². The van der Waals surface area contributed by atoms with Crippen molar-refractivity contribution >= 4 is 17.6 Å². The molecule has 0 aromatic heterocycles. The lowest BCUT2D eigenvalue weighted by Gasteiger charge is -2.19. The fourth-order valence-corrected chi connectivity index (χ4v) is 5.70. The highest BCUT2D eigenvalue weighted by molar-refractivity contribution is 5.85. The van der Waals surface area contributed by atoms with E-state index in [4.69, 9.17) is 14.2 Å². The zero-order valence-corrected chi connectivity index (χ0v) is 29.3. The molecular formula is C42H59NO5. The third-order valence-corrected chi connectivity index (χ3v) is 8.56. The van der Waals surface area contributed by atoms with Gasteiger partial charge in [0.15, 0.2) is 0 Å². The highest BCUT2D eigenvalue weighted by Crippen LogP contribution is 2.21. The number of unbranched alkanes of at least 4 members (excludes halogenated alkanes) is 15. The molecule has 0 fully saturated rings. The lowest BCUT2D eigenvalue weighted by Crippen LogP contribution is -2.34. The van der Waals surface area contributed by atoms with Gasteiger partial charge in [-0.15, -0.1) is 0 Å². The minimum atomic E-state index is -0.910. The van der Waals surface area contributed by atoms with Crippen LogP contribution in [0.25, 0.3) is 0 Å². The van der Waals surface area contributed by atoms with Gasteiger partial charge in [-0.2, -0.15) is 0 Å². The highest BCUT2D eigenvalue weighted by atomic mass is 16.5. The summed E-state index contributed by atoms with van der Waals surface area (Å²) < 4.78 is 17.1. The largest absolute Gasteiger partial charge is 0.494 e. The van der Waals surface area contributed by atoms with Gasteiger partial charge in [0.2, 0.25) is 0 Å². The van der Waals surface area contributed by atoms with E-state index >= 15 is 0 Å². The number of carbonyl (C=O) groups excluding carboxylic acids is 2. The van der Waals surface area contributed by atoms with Gasteiger partial charge in [-0.1, -0.05) is 170 Å². The standard InChI is InChI=1S/C42H59NO5/c1-2-3-4-5-6-7-8-9-10-11-12-13-14-15-16-23-31-46-39-30-24-29-38(32-39)43-40(42(45)48-35-37-27-21-18-22-28-37)33-41(44)47-34-36-25-19-17-20-26-36/h17-22,24-30,32,40,43H,2-16,23,31,33-35H2,1H3. The van der Waals surface area contributed by atoms with Crippen molar-refractivity contribution in [2.75, 3.05) is 11.9 Å². The Hall–Kier alpha value is -3.80. The molecule has 1 N–H and O–H groups in total. The molecule has 262 valence electrons. The molecule has 0 heterocycles. The Labute approximate surface area is 290 Å². The van der Waals surface area contributed by atoms with Crippen LogP contribution in [0, 0.1) is 0 Å². The fourth-order valence-electron chi connectivity index (χ4n) is 5.70. The van der Waals surface area contributed by atoms with Crippen LogP contribution in [0.1, 0.15) is 127 Å². The number of benzene rings is 3. The van der Waals surface area contributed by atoms with Gasteiger partial charge in [0.25, 0.3) is 0 Å². The van der Waals surface area contributed by atoms with Crippen molar-refractivity contribution in [2.45, 2.75) is 135 Å². The highest BCUT2D eigenvalue weighted by Gasteiger charge is 2.25. The van der Waals surface area contributed by atoms with E-state index < -0.39 is 18.0 Å². The third kappa shape index (κ3) is 17.9. The fraction of sp³-hybridized carbons (Fsp3) is 0.524. The van der Waals surface area contributed by atoms with E-state index in [0.29, 0.717) is 12.3 Å². The number of carbonyl (C=O) groups is 2. The van der Waals surface area contributed by atoms with E-state index in [-0.39, 0.29) is 19.6 Å². The van der Waals surface area contributed by atoms with Crippen molar-refractivity contribution in [2.24, 2.45) is 0 Å². The van der Waals surface area contributed by atoms with Gasteiger partial charge in [-0.3, -0.25) is 4.79 Å². The number of rotatable bonds is 27. The summed E-state index contributed by atoms with van der Waals surface area (Å²) in [7, 11) is 0. The molecule has 0 bridgehead atoms. The van der Waals surface area contributed by atoms with Gasteiger partial charge in [0.1, 0.15) is 25.0 Å². The lowest BCUT2D eigenvalue weighted by molar-refractivity contribution is -0.152. The molecule has 0 aliphatic carbocycles. The summed E-state index contributed by atoms with van der Waals surface area (Å²) in [6, 6.07) is 25.6. The van der Waals surface area contributed by atoms with Crippen molar-refractivity contribution in [1.82, 2.24) is 0 Å². The van der Waals surface area contributed by atoms with E-state index in [9.17, 15) is 9.59 Å². The molecule has 3 aromatic rings. The molecule has 0 spiro atoms. The zero-order valence-electron chi connectivity index (χ0n) is 29.3. The number of esters is 2. The molecule has 3 rings (SSSR count). The molecular weight excluding hydrogens is 598 g/mol. The first-order valence-corrected chi connectivity index (χ1v) is 18.5. The van der Waals surface area contributed by atoms with Gasteiger partial charge in [-0.25, -0.2) is 4.79 Å². The number of nitrogens with one attached hydrogen (secondary N) is 1. The summed E-state index contributed by atoms with van der Waals surface area (Å²) in [4.78, 5) is 25.9. The van der Waals surface area contributed by atoms with Crippen LogP contribution in [0.4, 0.5) is 5.69 Å². The SMILES string of the molecule is CCCCCCCCCCCCCCCCCCOc1cccc(NC(CC(=O)OCc2ccccc2)C(=O)OCc2ccccc2)c1. The van der Waals surface area contributed by atoms with Gasteiger partial charge >= 0.3 is 11.9 Å². The molecule has 1 unspecified atom stereocenters. The Morgan fingerprint density at radius 3 is 1.62 bits per heavy atom. The summed E-state index contributed by atoms with van der Waals surface area (Å²) in [5, 5.41) is 3.19. The second-order valence-corrected chi connectivity index (χ2v) is 12.8. The smallest absolute Gasteiger partial charge is 0.329 e. The number of hydrogen-bond donors (Lipinski definition) is 1. The lowest BCUT2D eigenvalue weighted by atomic mass is 10.0.